The Morgan fingerprint density at radius 2 is 0.911 bits per heavy atom. The van der Waals surface area contributed by atoms with Gasteiger partial charge in [-0.05, 0) is 64.2 Å². The average molecular weight is 1220 g/mol. The summed E-state index contributed by atoms with van der Waals surface area (Å²) in [7, 11) is 0. The molecule has 0 radical (unpaired) electrons. The molecule has 90 heavy (non-hydrogen) atoms. The summed E-state index contributed by atoms with van der Waals surface area (Å²) in [5.41, 5.74) is 7.98. The van der Waals surface area contributed by atoms with Gasteiger partial charge in [-0.25, -0.2) is 28.5 Å². The highest BCUT2D eigenvalue weighted by Crippen LogP contribution is 2.43. The smallest absolute Gasteiger partial charge is 0.261 e. The standard InChI is InChI=1S/2C20H20N6O2.C16H12N6O.C5H10.3C2H6/c1-20(2,28)13-25-12-16(17(24-25)14-7-4-3-5-8-14)23-19(27)15-11-22-26-10-6-9-21-18(15)26;1-20(2,28)13-26-17(14-7-4-3-5-8-14)16(12-23-26)24-19(27)15-11-22-25-10-6-9-21-18(15)25;23-16(12-9-19-22-8-4-7-17-15(12)22)20-13-10-18-21-14(13)11-5-2-1-3-6-11;1-5(2)3-4-5;3*1-2/h3-12,28H,13H2,1-2H3,(H,23,27);3-12,28H,13H2,1-2H3,(H,24,27);1-10H,(H,18,21)(H,20,23);3-4H2,1-2H3;3*1-2H3. The largest absolute Gasteiger partial charge is 0.389 e. The number of rotatable bonds is 13. The van der Waals surface area contributed by atoms with Crippen LogP contribution in [0.1, 0.15) is 127 Å². The number of anilines is 3. The maximum absolute atomic E-state index is 12.9. The van der Waals surface area contributed by atoms with E-state index in [4.69, 9.17) is 0 Å². The molecule has 1 saturated carbocycles. The Morgan fingerprint density at radius 1 is 0.511 bits per heavy atom. The van der Waals surface area contributed by atoms with E-state index in [1.54, 1.807) is 125 Å². The first-order chi connectivity index (χ1) is 43.4. The highest BCUT2D eigenvalue weighted by molar-refractivity contribution is 6.11. The number of carbonyl (C=O) groups is 3. The predicted octanol–water partition coefficient (Wildman–Crippen LogP) is 12.5. The first-order valence-corrected chi connectivity index (χ1v) is 29.9. The van der Waals surface area contributed by atoms with Crippen LogP contribution in [0.3, 0.4) is 0 Å². The second kappa shape index (κ2) is 30.9. The van der Waals surface area contributed by atoms with E-state index < -0.39 is 11.2 Å². The lowest BCUT2D eigenvalue weighted by molar-refractivity contribution is 0.0574. The molecule has 0 aliphatic heterocycles. The third kappa shape index (κ3) is 17.8. The van der Waals surface area contributed by atoms with Gasteiger partial charge < -0.3 is 26.2 Å². The number of amides is 3. The van der Waals surface area contributed by atoms with E-state index in [0.29, 0.717) is 62.9 Å². The number of H-pyrrole nitrogens is 1. The molecule has 0 spiro atoms. The van der Waals surface area contributed by atoms with Crippen molar-refractivity contribution in [1.29, 1.82) is 0 Å². The second-order valence-corrected chi connectivity index (χ2v) is 21.9. The molecule has 12 aromatic rings. The van der Waals surface area contributed by atoms with Gasteiger partial charge in [0.1, 0.15) is 22.4 Å². The van der Waals surface area contributed by atoms with Gasteiger partial charge >= 0.3 is 0 Å². The normalized spacial score (nSPS) is 11.9. The Hall–Kier alpha value is -10.5. The summed E-state index contributed by atoms with van der Waals surface area (Å²) in [6, 6.07) is 34.1. The van der Waals surface area contributed by atoms with E-state index >= 15 is 0 Å². The first kappa shape index (κ1) is 67.0. The van der Waals surface area contributed by atoms with Crippen molar-refractivity contribution in [2.75, 3.05) is 16.0 Å². The zero-order valence-corrected chi connectivity index (χ0v) is 53.0. The Kier molecular flexibility index (Phi) is 23.0. The van der Waals surface area contributed by atoms with Crippen LogP contribution < -0.4 is 16.0 Å². The lowest BCUT2D eigenvalue weighted by Gasteiger charge is -2.19. The number of carbonyl (C=O) groups excluding carboxylic acids is 3. The number of aromatic nitrogens is 15. The molecule has 0 bridgehead atoms. The molecule has 0 unspecified atom stereocenters. The number of aliphatic hydroxyl groups is 2. The number of hydrogen-bond donors (Lipinski definition) is 6. The topological polar surface area (TPSA) is 283 Å². The number of nitrogens with one attached hydrogen (secondary N) is 4. The van der Waals surface area contributed by atoms with Crippen LogP contribution in [0, 0.1) is 5.41 Å². The molecule has 6 N–H and O–H groups in total. The summed E-state index contributed by atoms with van der Waals surface area (Å²) >= 11 is 0. The highest BCUT2D eigenvalue weighted by Gasteiger charge is 2.30. The van der Waals surface area contributed by atoms with Gasteiger partial charge in [-0.2, -0.15) is 30.6 Å². The molecule has 9 heterocycles. The van der Waals surface area contributed by atoms with Crippen molar-refractivity contribution in [3.63, 3.8) is 0 Å². The molecule has 1 aliphatic carbocycles. The molecule has 3 aromatic carbocycles. The Balaban J connectivity index is 0.000000178. The number of fused-ring (bicyclic) bond motifs is 3. The van der Waals surface area contributed by atoms with Gasteiger partial charge in [0, 0.05) is 60.1 Å². The molecule has 1 aliphatic rings. The molecule has 9 aromatic heterocycles. The number of hydrogen-bond acceptors (Lipinski definition) is 14. The third-order valence-electron chi connectivity index (χ3n) is 13.0. The van der Waals surface area contributed by atoms with E-state index in [2.05, 4.69) is 80.4 Å². The molecule has 13 rings (SSSR count). The zero-order chi connectivity index (χ0) is 65.0. The first-order valence-electron chi connectivity index (χ1n) is 29.9. The van der Waals surface area contributed by atoms with Crippen LogP contribution in [0.25, 0.3) is 50.7 Å². The van der Waals surface area contributed by atoms with E-state index in [1.165, 1.54) is 31.4 Å². The summed E-state index contributed by atoms with van der Waals surface area (Å²) in [5, 5.41) is 57.3. The molecule has 468 valence electrons. The maximum atomic E-state index is 12.9. The summed E-state index contributed by atoms with van der Waals surface area (Å²) in [6.07, 6.45) is 22.3. The third-order valence-corrected chi connectivity index (χ3v) is 13.0. The van der Waals surface area contributed by atoms with Crippen molar-refractivity contribution in [3.8, 4) is 33.8 Å². The highest BCUT2D eigenvalue weighted by atomic mass is 16.3. The van der Waals surface area contributed by atoms with Gasteiger partial charge in [0.25, 0.3) is 17.7 Å². The quantitative estimate of drug-likeness (QED) is 0.0626. The Bertz CT molecular complexity index is 4110. The molecule has 0 atom stereocenters. The second-order valence-electron chi connectivity index (χ2n) is 21.9. The van der Waals surface area contributed by atoms with E-state index in [-0.39, 0.29) is 24.3 Å². The molecule has 0 saturated heterocycles. The summed E-state index contributed by atoms with van der Waals surface area (Å²) < 4.78 is 7.98. The molecule has 1 fully saturated rings. The molecular formula is C67H80N18O5. The number of nitrogens with zero attached hydrogens (tertiary/aromatic N) is 14. The minimum absolute atomic E-state index is 0.280. The van der Waals surface area contributed by atoms with Crippen LogP contribution >= 0.6 is 0 Å². The van der Waals surface area contributed by atoms with Gasteiger partial charge in [0.05, 0.1) is 83.7 Å². The lowest BCUT2D eigenvalue weighted by Crippen LogP contribution is -2.27. The summed E-state index contributed by atoms with van der Waals surface area (Å²) in [4.78, 5) is 50.9. The van der Waals surface area contributed by atoms with Crippen LogP contribution in [0.2, 0.25) is 0 Å². The zero-order valence-electron chi connectivity index (χ0n) is 53.0. The van der Waals surface area contributed by atoms with Crippen molar-refractivity contribution < 1.29 is 24.6 Å². The van der Waals surface area contributed by atoms with Gasteiger partial charge in [-0.15, -0.1) is 0 Å². The van der Waals surface area contributed by atoms with E-state index in [9.17, 15) is 24.6 Å². The molecular weight excluding hydrogens is 1140 g/mol. The van der Waals surface area contributed by atoms with Crippen molar-refractivity contribution in [1.82, 2.24) is 73.6 Å². The minimum Gasteiger partial charge on any atom is -0.389 e. The lowest BCUT2D eigenvalue weighted by atomic mass is 10.1. The van der Waals surface area contributed by atoms with Gasteiger partial charge in [-0.3, -0.25) is 28.8 Å². The van der Waals surface area contributed by atoms with Gasteiger partial charge in [0.2, 0.25) is 0 Å². The van der Waals surface area contributed by atoms with Crippen molar-refractivity contribution in [2.24, 2.45) is 5.41 Å². The average Bonchev–Trinajstić information content (AvgIpc) is 1.77. The van der Waals surface area contributed by atoms with Crippen LogP contribution in [0.4, 0.5) is 17.1 Å². The van der Waals surface area contributed by atoms with Gasteiger partial charge in [-0.1, -0.05) is 146 Å². The summed E-state index contributed by atoms with van der Waals surface area (Å²) in [5.74, 6) is -0.931. The minimum atomic E-state index is -0.955. The van der Waals surface area contributed by atoms with Crippen molar-refractivity contribution >= 4 is 51.7 Å². The van der Waals surface area contributed by atoms with E-state index in [0.717, 1.165) is 33.5 Å². The van der Waals surface area contributed by atoms with E-state index in [1.807, 2.05) is 133 Å². The van der Waals surface area contributed by atoms with Gasteiger partial charge in [0.15, 0.2) is 16.9 Å². The molecule has 3 amide bonds. The van der Waals surface area contributed by atoms with Crippen molar-refractivity contribution in [3.05, 3.63) is 200 Å². The van der Waals surface area contributed by atoms with Crippen molar-refractivity contribution in [2.45, 2.75) is 120 Å². The van der Waals surface area contributed by atoms with Crippen LogP contribution in [-0.4, -0.2) is 113 Å². The Labute approximate surface area is 523 Å². The van der Waals surface area contributed by atoms with Crippen LogP contribution in [0.5, 0.6) is 0 Å². The van der Waals surface area contributed by atoms with Crippen LogP contribution in [-0.2, 0) is 13.1 Å². The number of aromatic amines is 1. The monoisotopic (exact) mass is 1220 g/mol. The van der Waals surface area contributed by atoms with Crippen LogP contribution in [0.15, 0.2) is 184 Å². The molecule has 23 heteroatoms. The molecule has 23 nitrogen and oxygen atoms in total. The fraction of sp³-hybridized carbons (Fsp3) is 0.284. The predicted molar refractivity (Wildman–Crippen MR) is 352 cm³/mol. The SMILES string of the molecule is CC.CC.CC.CC(C)(O)Cn1cc(NC(=O)c2cnn3cccnc23)c(-c2ccccc2)n1.CC(C)(O)Cn1ncc(NC(=O)c2cnn3cccnc23)c1-c1ccccc1.CC1(C)CC1.O=C(Nc1cn[nH]c1-c1ccccc1)c1cnn2cccnc12. The fourth-order valence-electron chi connectivity index (χ4n) is 8.65. The summed E-state index contributed by atoms with van der Waals surface area (Å²) in [6.45, 7) is 24.0. The number of benzene rings is 3. The fourth-order valence-corrected chi connectivity index (χ4v) is 8.65. The Morgan fingerprint density at radius 3 is 1.33 bits per heavy atom. The maximum Gasteiger partial charge on any atom is 0.261 e.